The molecule has 4 saturated carbocycles. The number of nitrogens with one attached hydrogen (secondary N) is 1. The molecule has 112 valence electrons. The van der Waals surface area contributed by atoms with Gasteiger partial charge in [0.2, 0.25) is 5.91 Å². The highest BCUT2D eigenvalue weighted by Gasteiger charge is 2.50. The molecule has 1 unspecified atom stereocenters. The van der Waals surface area contributed by atoms with Gasteiger partial charge in [0.1, 0.15) is 6.10 Å². The number of amides is 1. The van der Waals surface area contributed by atoms with Crippen molar-refractivity contribution in [1.29, 1.82) is 0 Å². The van der Waals surface area contributed by atoms with Crippen molar-refractivity contribution in [3.05, 3.63) is 0 Å². The molecule has 0 aromatic heterocycles. The van der Waals surface area contributed by atoms with E-state index < -0.39 is 0 Å². The van der Waals surface area contributed by atoms with E-state index in [0.717, 1.165) is 43.7 Å². The van der Waals surface area contributed by atoms with Gasteiger partial charge in [-0.3, -0.25) is 4.79 Å². The Morgan fingerprint density at radius 3 is 2.30 bits per heavy atom. The summed E-state index contributed by atoms with van der Waals surface area (Å²) < 4.78 is 5.45. The first-order chi connectivity index (χ1) is 9.72. The quantitative estimate of drug-likeness (QED) is 0.858. The van der Waals surface area contributed by atoms with Crippen molar-refractivity contribution in [2.24, 2.45) is 23.2 Å². The molecule has 5 rings (SSSR count). The number of hydrogen-bond acceptors (Lipinski definition) is 2. The Hall–Kier alpha value is -0.570. The minimum Gasteiger partial charge on any atom is -0.368 e. The van der Waals surface area contributed by atoms with Gasteiger partial charge in [0.15, 0.2) is 0 Å². The van der Waals surface area contributed by atoms with Crippen molar-refractivity contribution < 1.29 is 9.53 Å². The summed E-state index contributed by atoms with van der Waals surface area (Å²) in [6.45, 7) is 1.62. The Labute approximate surface area is 121 Å². The van der Waals surface area contributed by atoms with Crippen LogP contribution < -0.4 is 5.32 Å². The lowest BCUT2D eigenvalue weighted by Gasteiger charge is -2.57. The molecule has 20 heavy (non-hydrogen) atoms. The lowest BCUT2D eigenvalue weighted by Crippen LogP contribution is -2.47. The molecule has 0 radical (unpaired) electrons. The van der Waals surface area contributed by atoms with Crippen LogP contribution in [0.1, 0.15) is 57.8 Å². The Morgan fingerprint density at radius 1 is 1.10 bits per heavy atom. The van der Waals surface area contributed by atoms with Gasteiger partial charge in [-0.2, -0.15) is 0 Å². The highest BCUT2D eigenvalue weighted by Crippen LogP contribution is 2.61. The maximum absolute atomic E-state index is 12.0. The first-order valence-electron chi connectivity index (χ1n) is 8.62. The second-order valence-electron chi connectivity index (χ2n) is 7.96. The Balaban J connectivity index is 1.30. The summed E-state index contributed by atoms with van der Waals surface area (Å²) in [5, 5.41) is 3.14. The third-order valence-corrected chi connectivity index (χ3v) is 6.34. The second kappa shape index (κ2) is 5.01. The van der Waals surface area contributed by atoms with E-state index >= 15 is 0 Å². The van der Waals surface area contributed by atoms with E-state index in [1.165, 1.54) is 44.9 Å². The SMILES string of the molecule is O=C(NCCC12CC3CC(CC(C3)C1)C2)C1CCCO1. The maximum atomic E-state index is 12.0. The molecule has 4 bridgehead atoms. The molecule has 1 saturated heterocycles. The van der Waals surface area contributed by atoms with Crippen molar-refractivity contribution in [3.63, 3.8) is 0 Å². The standard InChI is InChI=1S/C17H27NO2/c19-16(15-2-1-5-20-15)18-4-3-17-9-12-6-13(10-17)8-14(7-12)11-17/h12-15H,1-11H2,(H,18,19). The van der Waals surface area contributed by atoms with Crippen molar-refractivity contribution in [1.82, 2.24) is 5.32 Å². The average molecular weight is 277 g/mol. The van der Waals surface area contributed by atoms with Crippen LogP contribution in [0.5, 0.6) is 0 Å². The summed E-state index contributed by atoms with van der Waals surface area (Å²) in [5.74, 6) is 3.16. The maximum Gasteiger partial charge on any atom is 0.249 e. The van der Waals surface area contributed by atoms with Crippen LogP contribution in [-0.4, -0.2) is 25.2 Å². The van der Waals surface area contributed by atoms with Crippen LogP contribution >= 0.6 is 0 Å². The van der Waals surface area contributed by atoms with Gasteiger partial charge in [0.05, 0.1) is 0 Å². The third kappa shape index (κ3) is 2.38. The smallest absolute Gasteiger partial charge is 0.249 e. The van der Waals surface area contributed by atoms with E-state index in [0.29, 0.717) is 5.41 Å². The second-order valence-corrected chi connectivity index (χ2v) is 7.96. The summed E-state index contributed by atoms with van der Waals surface area (Å²) >= 11 is 0. The fraction of sp³-hybridized carbons (Fsp3) is 0.941. The minimum atomic E-state index is -0.161. The molecule has 1 N–H and O–H groups in total. The average Bonchev–Trinajstić information content (AvgIpc) is 2.90. The number of hydrogen-bond donors (Lipinski definition) is 1. The molecule has 3 heteroatoms. The molecular weight excluding hydrogens is 250 g/mol. The molecule has 3 nitrogen and oxygen atoms in total. The van der Waals surface area contributed by atoms with Crippen molar-refractivity contribution in [2.45, 2.75) is 63.9 Å². The zero-order chi connectivity index (χ0) is 13.6. The number of carbonyl (C=O) groups is 1. The zero-order valence-electron chi connectivity index (χ0n) is 12.4. The van der Waals surface area contributed by atoms with Gasteiger partial charge in [0, 0.05) is 13.2 Å². The van der Waals surface area contributed by atoms with Gasteiger partial charge in [-0.1, -0.05) is 0 Å². The molecule has 0 aromatic rings. The summed E-state index contributed by atoms with van der Waals surface area (Å²) in [5.41, 5.74) is 0.582. The summed E-state index contributed by atoms with van der Waals surface area (Å²) in [6, 6.07) is 0. The van der Waals surface area contributed by atoms with Crippen molar-refractivity contribution >= 4 is 5.91 Å². The van der Waals surface area contributed by atoms with Crippen LogP contribution in [-0.2, 0) is 9.53 Å². The van der Waals surface area contributed by atoms with Crippen molar-refractivity contribution in [3.8, 4) is 0 Å². The van der Waals surface area contributed by atoms with E-state index in [9.17, 15) is 4.79 Å². The van der Waals surface area contributed by atoms with Crippen LogP contribution in [0.25, 0.3) is 0 Å². The molecule has 5 fully saturated rings. The van der Waals surface area contributed by atoms with Crippen LogP contribution in [0.2, 0.25) is 0 Å². The van der Waals surface area contributed by atoms with Crippen LogP contribution in [0.3, 0.4) is 0 Å². The minimum absolute atomic E-state index is 0.132. The summed E-state index contributed by atoms with van der Waals surface area (Å²) in [4.78, 5) is 12.0. The largest absolute Gasteiger partial charge is 0.368 e. The normalized spacial score (nSPS) is 45.8. The molecular formula is C17H27NO2. The topological polar surface area (TPSA) is 38.3 Å². The Morgan fingerprint density at radius 2 is 1.75 bits per heavy atom. The van der Waals surface area contributed by atoms with Gasteiger partial charge in [-0.15, -0.1) is 0 Å². The lowest BCUT2D eigenvalue weighted by atomic mass is 9.49. The lowest BCUT2D eigenvalue weighted by molar-refractivity contribution is -0.130. The van der Waals surface area contributed by atoms with Crippen LogP contribution in [0.4, 0.5) is 0 Å². The van der Waals surface area contributed by atoms with E-state index in [-0.39, 0.29) is 12.0 Å². The molecule has 0 spiro atoms. The predicted molar refractivity (Wildman–Crippen MR) is 77.2 cm³/mol. The monoisotopic (exact) mass is 277 g/mol. The molecule has 1 atom stereocenters. The first kappa shape index (κ1) is 13.1. The van der Waals surface area contributed by atoms with E-state index in [2.05, 4.69) is 5.32 Å². The summed E-state index contributed by atoms with van der Waals surface area (Å²) in [6.07, 6.45) is 11.8. The number of ether oxygens (including phenoxy) is 1. The molecule has 1 heterocycles. The molecule has 4 aliphatic carbocycles. The van der Waals surface area contributed by atoms with Gasteiger partial charge in [0.25, 0.3) is 0 Å². The fourth-order valence-electron chi connectivity index (χ4n) is 5.95. The number of rotatable bonds is 4. The van der Waals surface area contributed by atoms with Gasteiger partial charge >= 0.3 is 0 Å². The molecule has 1 amide bonds. The summed E-state index contributed by atoms with van der Waals surface area (Å²) in [7, 11) is 0. The molecule has 0 aromatic carbocycles. The Kier molecular flexibility index (Phi) is 3.29. The molecule has 1 aliphatic heterocycles. The number of carbonyl (C=O) groups excluding carboxylic acids is 1. The van der Waals surface area contributed by atoms with Crippen LogP contribution in [0, 0.1) is 23.2 Å². The first-order valence-corrected chi connectivity index (χ1v) is 8.62. The third-order valence-electron chi connectivity index (χ3n) is 6.34. The van der Waals surface area contributed by atoms with Gasteiger partial charge < -0.3 is 10.1 Å². The fourth-order valence-corrected chi connectivity index (χ4v) is 5.95. The predicted octanol–water partition coefficient (Wildman–Crippen LogP) is 2.89. The highest BCUT2D eigenvalue weighted by molar-refractivity contribution is 5.80. The van der Waals surface area contributed by atoms with Crippen LogP contribution in [0.15, 0.2) is 0 Å². The van der Waals surface area contributed by atoms with Gasteiger partial charge in [-0.25, -0.2) is 0 Å². The Bertz CT molecular complexity index is 351. The molecule has 5 aliphatic rings. The van der Waals surface area contributed by atoms with E-state index in [4.69, 9.17) is 4.74 Å². The van der Waals surface area contributed by atoms with Gasteiger partial charge in [-0.05, 0) is 81.0 Å². The zero-order valence-corrected chi connectivity index (χ0v) is 12.4. The highest BCUT2D eigenvalue weighted by atomic mass is 16.5. The van der Waals surface area contributed by atoms with Crippen molar-refractivity contribution in [2.75, 3.05) is 13.2 Å². The van der Waals surface area contributed by atoms with E-state index in [1.54, 1.807) is 0 Å². The van der Waals surface area contributed by atoms with E-state index in [1.807, 2.05) is 0 Å².